The molecule has 2 unspecified atom stereocenters. The first kappa shape index (κ1) is 32.1. The SMILES string of the molecule is C=C1CC(c2ncc(-c3cc4cc5sc(-c6cnc(C7CC(=C)CN7C(=O)OC(C)(C)C)[nH]6)cc5cc4s3)[nH]2)N(C(=O)OC(C)(C)C)C1. The Hall–Kier alpha value is -4.42. The third-order valence-corrected chi connectivity index (χ3v) is 10.5. The summed E-state index contributed by atoms with van der Waals surface area (Å²) in [6.45, 7) is 20.4. The summed E-state index contributed by atoms with van der Waals surface area (Å²) < 4.78 is 13.7. The summed E-state index contributed by atoms with van der Waals surface area (Å²) in [6.07, 6.45) is 4.26. The molecule has 2 N–H and O–H groups in total. The number of rotatable bonds is 4. The number of H-pyrrole nitrogens is 2. The first-order chi connectivity index (χ1) is 22.6. The van der Waals surface area contributed by atoms with Crippen molar-refractivity contribution in [3.8, 4) is 21.1 Å². The van der Waals surface area contributed by atoms with Crippen LogP contribution in [-0.4, -0.2) is 66.2 Å². The van der Waals surface area contributed by atoms with Crippen LogP contribution in [0.3, 0.4) is 0 Å². The second kappa shape index (κ2) is 11.6. The van der Waals surface area contributed by atoms with Crippen molar-refractivity contribution in [1.29, 1.82) is 0 Å². The van der Waals surface area contributed by atoms with E-state index in [1.165, 1.54) is 9.40 Å². The summed E-state index contributed by atoms with van der Waals surface area (Å²) >= 11 is 3.40. The lowest BCUT2D eigenvalue weighted by Crippen LogP contribution is -2.36. The second-order valence-corrected chi connectivity index (χ2v) is 16.8. The highest BCUT2D eigenvalue weighted by Gasteiger charge is 2.38. The molecule has 1 aromatic carbocycles. The number of carbonyl (C=O) groups is 2. The molecule has 10 nitrogen and oxygen atoms in total. The predicted molar refractivity (Wildman–Crippen MR) is 191 cm³/mol. The number of nitrogens with one attached hydrogen (secondary N) is 2. The van der Waals surface area contributed by atoms with Crippen molar-refractivity contribution in [3.05, 3.63) is 72.6 Å². The summed E-state index contributed by atoms with van der Waals surface area (Å²) in [4.78, 5) is 47.8. The number of aromatic amines is 2. The van der Waals surface area contributed by atoms with Crippen molar-refractivity contribution in [2.24, 2.45) is 0 Å². The molecule has 2 aliphatic rings. The van der Waals surface area contributed by atoms with Crippen LogP contribution in [-0.2, 0) is 9.47 Å². The number of aromatic nitrogens is 4. The van der Waals surface area contributed by atoms with Crippen LogP contribution in [0, 0.1) is 0 Å². The molecule has 250 valence electrons. The Balaban J connectivity index is 1.10. The number of fused-ring (bicyclic) bond motifs is 2. The van der Waals surface area contributed by atoms with Crippen molar-refractivity contribution in [2.45, 2.75) is 77.7 Å². The number of thiophene rings is 2. The van der Waals surface area contributed by atoms with Crippen LogP contribution >= 0.6 is 22.7 Å². The van der Waals surface area contributed by atoms with Crippen LogP contribution in [0.15, 0.2) is 61.0 Å². The lowest BCUT2D eigenvalue weighted by molar-refractivity contribution is 0.0211. The monoisotopic (exact) mass is 684 g/mol. The number of hydrogen-bond donors (Lipinski definition) is 2. The van der Waals surface area contributed by atoms with Crippen molar-refractivity contribution in [2.75, 3.05) is 13.1 Å². The zero-order valence-electron chi connectivity index (χ0n) is 28.1. The molecule has 2 fully saturated rings. The summed E-state index contributed by atoms with van der Waals surface area (Å²) in [5.41, 5.74) is 2.62. The van der Waals surface area contributed by atoms with E-state index in [2.05, 4.69) is 57.4 Å². The number of benzene rings is 1. The normalized spacial score (nSPS) is 18.9. The Morgan fingerprint density at radius 3 is 1.50 bits per heavy atom. The minimum absolute atomic E-state index is 0.241. The van der Waals surface area contributed by atoms with E-state index in [4.69, 9.17) is 9.47 Å². The van der Waals surface area contributed by atoms with E-state index in [0.29, 0.717) is 25.9 Å². The fourth-order valence-corrected chi connectivity index (χ4v) is 8.33. The highest BCUT2D eigenvalue weighted by Crippen LogP contribution is 2.42. The van der Waals surface area contributed by atoms with Crippen LogP contribution in [0.25, 0.3) is 41.3 Å². The van der Waals surface area contributed by atoms with E-state index in [-0.39, 0.29) is 24.3 Å². The quantitative estimate of drug-likeness (QED) is 0.182. The zero-order chi connectivity index (χ0) is 34.1. The minimum Gasteiger partial charge on any atom is -0.444 e. The van der Waals surface area contributed by atoms with Gasteiger partial charge in [-0.2, -0.15) is 0 Å². The van der Waals surface area contributed by atoms with Gasteiger partial charge < -0.3 is 19.4 Å². The zero-order valence-corrected chi connectivity index (χ0v) is 29.7. The predicted octanol–water partition coefficient (Wildman–Crippen LogP) is 9.37. The largest absolute Gasteiger partial charge is 0.444 e. The Kier molecular flexibility index (Phi) is 7.78. The van der Waals surface area contributed by atoms with Crippen molar-refractivity contribution < 1.29 is 19.1 Å². The third kappa shape index (κ3) is 6.38. The first-order valence-corrected chi connectivity index (χ1v) is 17.6. The number of amides is 2. The molecule has 0 saturated carbocycles. The van der Waals surface area contributed by atoms with E-state index < -0.39 is 11.2 Å². The van der Waals surface area contributed by atoms with E-state index in [0.717, 1.165) is 54.7 Å². The van der Waals surface area contributed by atoms with Gasteiger partial charge in [-0.25, -0.2) is 19.6 Å². The summed E-state index contributed by atoms with van der Waals surface area (Å²) in [7, 11) is 0. The van der Waals surface area contributed by atoms with Gasteiger partial charge in [0, 0.05) is 22.5 Å². The Labute approximate surface area is 287 Å². The molecule has 4 aromatic heterocycles. The van der Waals surface area contributed by atoms with E-state index in [1.807, 2.05) is 53.9 Å². The van der Waals surface area contributed by atoms with E-state index >= 15 is 0 Å². The van der Waals surface area contributed by atoms with Crippen LogP contribution in [0.4, 0.5) is 9.59 Å². The van der Waals surface area contributed by atoms with Crippen molar-refractivity contribution in [3.63, 3.8) is 0 Å². The number of likely N-dealkylation sites (tertiary alicyclic amines) is 2. The van der Waals surface area contributed by atoms with Gasteiger partial charge in [0.1, 0.15) is 22.9 Å². The first-order valence-electron chi connectivity index (χ1n) is 16.0. The standard InChI is InChI=1S/C36H40N6O4S2/c1-19-9-25(41(17-19)33(43)45-35(3,4)5)31-37-15-23(39-31)29-13-21-11-28-22(12-27(21)47-29)14-30(48-28)24-16-38-32(40-24)26-10-20(2)18-42(26)34(44)46-36(6,7)8/h11-16,25-26H,1-2,9-10,17-18H2,3-8H3,(H,37,39)(H,38,40). The van der Waals surface area contributed by atoms with Crippen molar-refractivity contribution in [1.82, 2.24) is 29.7 Å². The molecule has 0 aliphatic carbocycles. The number of hydrogen-bond acceptors (Lipinski definition) is 8. The molecule has 0 spiro atoms. The molecule has 5 aromatic rings. The highest BCUT2D eigenvalue weighted by molar-refractivity contribution is 7.23. The smallest absolute Gasteiger partial charge is 0.411 e. The van der Waals surface area contributed by atoms with Gasteiger partial charge in [0.15, 0.2) is 0 Å². The van der Waals surface area contributed by atoms with Gasteiger partial charge in [0.25, 0.3) is 0 Å². The fraction of sp³-hybridized carbons (Fsp3) is 0.389. The van der Waals surface area contributed by atoms with E-state index in [9.17, 15) is 9.59 Å². The molecule has 48 heavy (non-hydrogen) atoms. The molecular weight excluding hydrogens is 645 g/mol. The molecule has 6 heterocycles. The van der Waals surface area contributed by atoms with Gasteiger partial charge in [-0.3, -0.25) is 9.80 Å². The van der Waals surface area contributed by atoms with Crippen LogP contribution < -0.4 is 0 Å². The Morgan fingerprint density at radius 1 is 0.729 bits per heavy atom. The number of imidazole rings is 2. The second-order valence-electron chi connectivity index (χ2n) is 14.7. The van der Waals surface area contributed by atoms with Crippen LogP contribution in [0.2, 0.25) is 0 Å². The summed E-state index contributed by atoms with van der Waals surface area (Å²) in [5, 5.41) is 2.30. The average Bonchev–Trinajstić information content (AvgIpc) is 3.80. The third-order valence-electron chi connectivity index (χ3n) is 8.27. The average molecular weight is 685 g/mol. The molecule has 2 aliphatic heterocycles. The number of nitrogens with zero attached hydrogens (tertiary/aromatic N) is 4. The molecule has 2 amide bonds. The lowest BCUT2D eigenvalue weighted by atomic mass is 10.1. The molecule has 0 bridgehead atoms. The minimum atomic E-state index is -0.580. The molecular formula is C36H40N6O4S2. The van der Waals surface area contributed by atoms with Gasteiger partial charge in [-0.05, 0) is 89.4 Å². The van der Waals surface area contributed by atoms with E-state index in [1.54, 1.807) is 32.5 Å². The van der Waals surface area contributed by atoms with Gasteiger partial charge in [0.05, 0.1) is 45.6 Å². The molecule has 7 rings (SSSR count). The van der Waals surface area contributed by atoms with Gasteiger partial charge in [-0.15, -0.1) is 22.7 Å². The highest BCUT2D eigenvalue weighted by atomic mass is 32.1. The lowest BCUT2D eigenvalue weighted by Gasteiger charge is -2.27. The summed E-state index contributed by atoms with van der Waals surface area (Å²) in [6, 6.07) is 8.34. The maximum atomic E-state index is 12.9. The topological polar surface area (TPSA) is 116 Å². The van der Waals surface area contributed by atoms with Gasteiger partial charge in [0.2, 0.25) is 0 Å². The maximum absolute atomic E-state index is 12.9. The Bertz CT molecular complexity index is 1890. The van der Waals surface area contributed by atoms with Gasteiger partial charge >= 0.3 is 12.2 Å². The molecule has 12 heteroatoms. The molecule has 0 radical (unpaired) electrons. The molecule has 2 atom stereocenters. The molecule has 2 saturated heterocycles. The number of carbonyl (C=O) groups excluding carboxylic acids is 2. The number of ether oxygens (including phenoxy) is 2. The van der Waals surface area contributed by atoms with Crippen molar-refractivity contribution >= 4 is 55.0 Å². The fourth-order valence-electron chi connectivity index (χ4n) is 6.21. The van der Waals surface area contributed by atoms with Crippen LogP contribution in [0.1, 0.15) is 78.1 Å². The maximum Gasteiger partial charge on any atom is 0.411 e. The summed E-state index contributed by atoms with van der Waals surface area (Å²) in [5.74, 6) is 1.46. The van der Waals surface area contributed by atoms with Gasteiger partial charge in [-0.1, -0.05) is 24.3 Å². The Morgan fingerprint density at radius 2 is 1.12 bits per heavy atom. The van der Waals surface area contributed by atoms with Crippen LogP contribution in [0.5, 0.6) is 0 Å².